The smallest absolute Gasteiger partial charge is 0.0945 e. The Labute approximate surface area is 195 Å². The fourth-order valence-electron chi connectivity index (χ4n) is 4.41. The maximum atomic E-state index is 4.16. The van der Waals surface area contributed by atoms with Crippen LogP contribution in [0.15, 0.2) is 49.6 Å². The number of nitrogens with zero attached hydrogens (tertiary/aromatic N) is 4. The van der Waals surface area contributed by atoms with Crippen LogP contribution in [-0.2, 0) is 38.8 Å². The quantitative estimate of drug-likeness (QED) is 0.244. The van der Waals surface area contributed by atoms with Crippen molar-refractivity contribution in [3.8, 4) is 0 Å². The third-order valence-electron chi connectivity index (χ3n) is 6.26. The molecule has 0 N–H and O–H groups in total. The van der Waals surface area contributed by atoms with Gasteiger partial charge in [-0.05, 0) is 86.5 Å². The Bertz CT molecular complexity index is 792. The summed E-state index contributed by atoms with van der Waals surface area (Å²) in [5, 5.41) is 0. The molecule has 1 aromatic carbocycles. The maximum Gasteiger partial charge on any atom is 0.0945 e. The lowest BCUT2D eigenvalue weighted by atomic mass is 9.89. The second-order valence-corrected chi connectivity index (χ2v) is 8.82. The van der Waals surface area contributed by atoms with E-state index in [1.165, 1.54) is 51.4 Å². The van der Waals surface area contributed by atoms with Crippen molar-refractivity contribution >= 4 is 0 Å². The summed E-state index contributed by atoms with van der Waals surface area (Å²) in [6.45, 7) is 10.2. The molecule has 2 heterocycles. The average Bonchev–Trinajstić information content (AvgIpc) is 3.52. The molecule has 2 radical (unpaired) electrons. The molecule has 32 heavy (non-hydrogen) atoms. The molecule has 0 aliphatic heterocycles. The van der Waals surface area contributed by atoms with E-state index < -0.39 is 0 Å². The van der Waals surface area contributed by atoms with Crippen LogP contribution in [0.1, 0.15) is 73.6 Å². The first-order valence-corrected chi connectivity index (χ1v) is 12.4. The van der Waals surface area contributed by atoms with E-state index in [0.717, 1.165) is 38.8 Å². The van der Waals surface area contributed by atoms with Crippen LogP contribution < -0.4 is 0 Å². The van der Waals surface area contributed by atoms with Crippen LogP contribution in [0, 0.1) is 13.8 Å². The van der Waals surface area contributed by atoms with E-state index in [9.17, 15) is 0 Å². The van der Waals surface area contributed by atoms with Crippen LogP contribution in [0.4, 0.5) is 0 Å². The van der Waals surface area contributed by atoms with Gasteiger partial charge in [0.1, 0.15) is 0 Å². The summed E-state index contributed by atoms with van der Waals surface area (Å²) < 4.78 is 4.36. The highest BCUT2D eigenvalue weighted by Crippen LogP contribution is 2.24. The molecule has 0 saturated carbocycles. The van der Waals surface area contributed by atoms with Crippen molar-refractivity contribution in [3.05, 3.63) is 85.7 Å². The Morgan fingerprint density at radius 1 is 0.562 bits per heavy atom. The minimum absolute atomic E-state index is 1.00. The Morgan fingerprint density at radius 3 is 1.31 bits per heavy atom. The molecule has 3 rings (SSSR count). The molecule has 0 unspecified atom stereocenters. The lowest BCUT2D eigenvalue weighted by Gasteiger charge is -2.17. The number of imidazole rings is 2. The summed E-state index contributed by atoms with van der Waals surface area (Å²) >= 11 is 0. The topological polar surface area (TPSA) is 35.6 Å². The highest BCUT2D eigenvalue weighted by molar-refractivity contribution is 5.39. The highest BCUT2D eigenvalue weighted by Gasteiger charge is 2.11. The molecule has 0 spiro atoms. The van der Waals surface area contributed by atoms with Crippen LogP contribution in [-0.4, -0.2) is 19.1 Å². The summed E-state index contributed by atoms with van der Waals surface area (Å²) in [5.41, 5.74) is 6.23. The van der Waals surface area contributed by atoms with Crippen LogP contribution >= 0.6 is 0 Å². The minimum Gasteiger partial charge on any atom is -0.337 e. The van der Waals surface area contributed by atoms with Gasteiger partial charge in [0.25, 0.3) is 0 Å². The van der Waals surface area contributed by atoms with Crippen LogP contribution in [0.3, 0.4) is 0 Å². The van der Waals surface area contributed by atoms with E-state index in [2.05, 4.69) is 57.5 Å². The molecule has 0 aliphatic carbocycles. The summed E-state index contributed by atoms with van der Waals surface area (Å²) in [7, 11) is 0. The molecule has 172 valence electrons. The van der Waals surface area contributed by atoms with Crippen molar-refractivity contribution in [1.29, 1.82) is 0 Å². The Balaban J connectivity index is 1.66. The molecule has 0 amide bonds. The molecule has 2 aromatic heterocycles. The average molecular weight is 433 g/mol. The van der Waals surface area contributed by atoms with Crippen molar-refractivity contribution in [1.82, 2.24) is 19.1 Å². The molecule has 0 saturated heterocycles. The van der Waals surface area contributed by atoms with Crippen molar-refractivity contribution in [2.45, 2.75) is 90.1 Å². The van der Waals surface area contributed by atoms with Crippen LogP contribution in [0.5, 0.6) is 0 Å². The van der Waals surface area contributed by atoms with E-state index in [-0.39, 0.29) is 0 Å². The summed E-state index contributed by atoms with van der Waals surface area (Å²) in [6, 6.07) is 5.08. The molecular formula is C28H40N4. The number of hydrogen-bond acceptors (Lipinski definition) is 2. The maximum absolute atomic E-state index is 4.16. The van der Waals surface area contributed by atoms with Crippen molar-refractivity contribution in [3.63, 3.8) is 0 Å². The normalized spacial score (nSPS) is 11.3. The highest BCUT2D eigenvalue weighted by atomic mass is 15.0. The second kappa shape index (κ2) is 13.9. The zero-order valence-corrected chi connectivity index (χ0v) is 19.7. The Kier molecular flexibility index (Phi) is 10.6. The fourth-order valence-corrected chi connectivity index (χ4v) is 4.41. The van der Waals surface area contributed by atoms with Crippen LogP contribution in [0.25, 0.3) is 0 Å². The van der Waals surface area contributed by atoms with Gasteiger partial charge in [-0.15, -0.1) is 0 Å². The van der Waals surface area contributed by atoms with Gasteiger partial charge in [-0.1, -0.05) is 38.8 Å². The van der Waals surface area contributed by atoms with Gasteiger partial charge in [-0.25, -0.2) is 9.97 Å². The van der Waals surface area contributed by atoms with Gasteiger partial charge in [0.05, 0.1) is 12.7 Å². The molecule has 4 heteroatoms. The van der Waals surface area contributed by atoms with Gasteiger partial charge in [0.2, 0.25) is 0 Å². The summed E-state index contributed by atoms with van der Waals surface area (Å²) in [5.74, 6) is 0. The second-order valence-electron chi connectivity index (χ2n) is 8.82. The number of unbranched alkanes of at least 4 members (excludes halogenated alkanes) is 4. The van der Waals surface area contributed by atoms with Gasteiger partial charge in [-0.3, -0.25) is 0 Å². The summed E-state index contributed by atoms with van der Waals surface area (Å²) in [4.78, 5) is 8.31. The van der Waals surface area contributed by atoms with Crippen molar-refractivity contribution in [2.24, 2.45) is 0 Å². The van der Waals surface area contributed by atoms with Gasteiger partial charge in [0.15, 0.2) is 0 Å². The molecule has 0 fully saturated rings. The SMILES string of the molecule is [CH2]CCCc1cc(CCCCn2ccnc2)c(CCCCn2ccnc2)cc1CCC[CH2]. The van der Waals surface area contributed by atoms with E-state index in [4.69, 9.17) is 0 Å². The number of hydrogen-bond donors (Lipinski definition) is 0. The third-order valence-corrected chi connectivity index (χ3v) is 6.26. The number of aromatic nitrogens is 4. The van der Waals surface area contributed by atoms with Gasteiger partial charge < -0.3 is 9.13 Å². The monoisotopic (exact) mass is 432 g/mol. The standard InChI is InChI=1S/C28H40N4/c1-3-5-11-25-21-27(13-7-9-17-31-19-15-29-23-31)28(22-26(25)12-6-4-2)14-8-10-18-32-20-16-30-24-32/h15-16,19-24H,1-14,17-18H2. The first-order chi connectivity index (χ1) is 15.8. The van der Waals surface area contributed by atoms with E-state index in [1.807, 2.05) is 25.0 Å². The number of aryl methyl sites for hydroxylation is 6. The van der Waals surface area contributed by atoms with E-state index >= 15 is 0 Å². The zero-order valence-electron chi connectivity index (χ0n) is 19.7. The van der Waals surface area contributed by atoms with Gasteiger partial charge in [-0.2, -0.15) is 0 Å². The largest absolute Gasteiger partial charge is 0.337 e. The molecular weight excluding hydrogens is 392 g/mol. The molecule has 0 aliphatic rings. The molecule has 3 aromatic rings. The predicted molar refractivity (Wildman–Crippen MR) is 133 cm³/mol. The lowest BCUT2D eigenvalue weighted by molar-refractivity contribution is 0.598. The lowest BCUT2D eigenvalue weighted by Crippen LogP contribution is -2.04. The molecule has 4 nitrogen and oxygen atoms in total. The fraction of sp³-hybridized carbons (Fsp3) is 0.500. The van der Waals surface area contributed by atoms with E-state index in [0.29, 0.717) is 0 Å². The van der Waals surface area contributed by atoms with Crippen LogP contribution in [0.2, 0.25) is 0 Å². The number of rotatable bonds is 16. The van der Waals surface area contributed by atoms with Gasteiger partial charge >= 0.3 is 0 Å². The first-order valence-electron chi connectivity index (χ1n) is 12.4. The zero-order chi connectivity index (χ0) is 22.4. The third kappa shape index (κ3) is 7.96. The Morgan fingerprint density at radius 2 is 0.969 bits per heavy atom. The predicted octanol–water partition coefficient (Wildman–Crippen LogP) is 6.44. The van der Waals surface area contributed by atoms with E-state index in [1.54, 1.807) is 22.3 Å². The summed E-state index contributed by atoms with van der Waals surface area (Å²) in [6.07, 6.45) is 25.5. The molecule has 0 bridgehead atoms. The number of benzene rings is 1. The minimum atomic E-state index is 1.00. The van der Waals surface area contributed by atoms with Crippen molar-refractivity contribution < 1.29 is 0 Å². The van der Waals surface area contributed by atoms with Gasteiger partial charge in [0, 0.05) is 37.9 Å². The first kappa shape index (κ1) is 24.3. The molecule has 0 atom stereocenters. The Hall–Kier alpha value is -2.36. The van der Waals surface area contributed by atoms with Crippen molar-refractivity contribution in [2.75, 3.05) is 0 Å².